The van der Waals surface area contributed by atoms with Gasteiger partial charge < -0.3 is 10.1 Å². The second-order valence-electron chi connectivity index (χ2n) is 5.84. The summed E-state index contributed by atoms with van der Waals surface area (Å²) in [5, 5.41) is 3.03. The van der Waals surface area contributed by atoms with E-state index in [0.717, 1.165) is 25.4 Å². The predicted octanol–water partition coefficient (Wildman–Crippen LogP) is 2.15. The molecule has 1 aliphatic heterocycles. The third-order valence-corrected chi connectivity index (χ3v) is 4.54. The minimum atomic E-state index is -0.000980. The maximum Gasteiger partial charge on any atom is 0.222 e. The van der Waals surface area contributed by atoms with Crippen molar-refractivity contribution < 1.29 is 9.53 Å². The summed E-state index contributed by atoms with van der Waals surface area (Å²) in [5.41, 5.74) is 1.31. The molecule has 5 heteroatoms. The summed E-state index contributed by atoms with van der Waals surface area (Å²) < 4.78 is 5.75. The summed E-state index contributed by atoms with van der Waals surface area (Å²) in [7, 11) is 0. The van der Waals surface area contributed by atoms with Gasteiger partial charge in [-0.05, 0) is 18.7 Å². The van der Waals surface area contributed by atoms with Crippen LogP contribution >= 0.6 is 11.8 Å². The van der Waals surface area contributed by atoms with E-state index in [1.807, 2.05) is 19.2 Å². The third kappa shape index (κ3) is 5.99. The van der Waals surface area contributed by atoms with Gasteiger partial charge in [-0.15, -0.1) is 0 Å². The molecule has 0 aromatic heterocycles. The fourth-order valence-corrected chi connectivity index (χ4v) is 3.30. The summed E-state index contributed by atoms with van der Waals surface area (Å²) in [6.07, 6.45) is 2.50. The fraction of sp³-hybridized carbons (Fsp3) is 0.588. The molecule has 4 nitrogen and oxygen atoms in total. The van der Waals surface area contributed by atoms with Gasteiger partial charge in [-0.2, -0.15) is 11.8 Å². The van der Waals surface area contributed by atoms with Crippen molar-refractivity contribution in [2.75, 3.05) is 31.7 Å². The Bertz CT molecular complexity index is 455. The molecule has 22 heavy (non-hydrogen) atoms. The van der Waals surface area contributed by atoms with Gasteiger partial charge in [0, 0.05) is 31.4 Å². The SMILES string of the molecule is CSC[C@@H](C)NC(=O)C[C@H]1CN(Cc2ccccc2)CCO1. The van der Waals surface area contributed by atoms with Crippen molar-refractivity contribution in [3.05, 3.63) is 35.9 Å². The zero-order valence-corrected chi connectivity index (χ0v) is 14.3. The van der Waals surface area contributed by atoms with Crippen molar-refractivity contribution in [2.24, 2.45) is 0 Å². The second-order valence-corrected chi connectivity index (χ2v) is 6.75. The molecule has 0 radical (unpaired) electrons. The van der Waals surface area contributed by atoms with Crippen molar-refractivity contribution in [3.63, 3.8) is 0 Å². The van der Waals surface area contributed by atoms with E-state index in [4.69, 9.17) is 4.74 Å². The average Bonchev–Trinajstić information content (AvgIpc) is 2.48. The molecule has 0 saturated carbocycles. The van der Waals surface area contributed by atoms with E-state index in [0.29, 0.717) is 13.0 Å². The highest BCUT2D eigenvalue weighted by molar-refractivity contribution is 7.98. The predicted molar refractivity (Wildman–Crippen MR) is 92.1 cm³/mol. The first-order valence-corrected chi connectivity index (χ1v) is 9.23. The number of thioether (sulfide) groups is 1. The number of hydrogen-bond donors (Lipinski definition) is 1. The number of rotatable bonds is 7. The van der Waals surface area contributed by atoms with Crippen molar-refractivity contribution in [1.29, 1.82) is 0 Å². The van der Waals surface area contributed by atoms with Gasteiger partial charge in [0.2, 0.25) is 5.91 Å². The number of nitrogens with one attached hydrogen (secondary N) is 1. The Morgan fingerprint density at radius 1 is 1.45 bits per heavy atom. The van der Waals surface area contributed by atoms with Crippen LogP contribution in [-0.2, 0) is 16.1 Å². The largest absolute Gasteiger partial charge is 0.375 e. The van der Waals surface area contributed by atoms with Crippen molar-refractivity contribution in [3.8, 4) is 0 Å². The lowest BCUT2D eigenvalue weighted by Gasteiger charge is -2.32. The minimum absolute atomic E-state index is 0.000980. The first kappa shape index (κ1) is 17.3. The molecule has 2 atom stereocenters. The molecule has 1 saturated heterocycles. The summed E-state index contributed by atoms with van der Waals surface area (Å²) >= 11 is 1.75. The Balaban J connectivity index is 1.77. The van der Waals surface area contributed by atoms with Gasteiger partial charge in [0.25, 0.3) is 0 Å². The average molecular weight is 322 g/mol. The number of carbonyl (C=O) groups is 1. The maximum absolute atomic E-state index is 12.0. The molecule has 1 heterocycles. The Hall–Kier alpha value is -1.04. The van der Waals surface area contributed by atoms with Crippen LogP contribution < -0.4 is 5.32 Å². The van der Waals surface area contributed by atoms with Crippen LogP contribution in [0, 0.1) is 0 Å². The highest BCUT2D eigenvalue weighted by Gasteiger charge is 2.23. The smallest absolute Gasteiger partial charge is 0.222 e. The summed E-state index contributed by atoms with van der Waals surface area (Å²) in [6.45, 7) is 5.41. The number of carbonyl (C=O) groups excluding carboxylic acids is 1. The number of ether oxygens (including phenoxy) is 1. The topological polar surface area (TPSA) is 41.6 Å². The zero-order valence-electron chi connectivity index (χ0n) is 13.5. The molecule has 122 valence electrons. The van der Waals surface area contributed by atoms with Gasteiger partial charge in [-0.1, -0.05) is 30.3 Å². The Morgan fingerprint density at radius 3 is 2.95 bits per heavy atom. The molecule has 0 bridgehead atoms. The molecular formula is C17H26N2O2S. The molecule has 1 aliphatic rings. The molecule has 2 rings (SSSR count). The number of morpholine rings is 1. The van der Waals surface area contributed by atoms with Gasteiger partial charge >= 0.3 is 0 Å². The Morgan fingerprint density at radius 2 is 2.23 bits per heavy atom. The lowest BCUT2D eigenvalue weighted by atomic mass is 10.1. The van der Waals surface area contributed by atoms with Gasteiger partial charge in [0.05, 0.1) is 19.1 Å². The Labute approximate surface area is 137 Å². The van der Waals surface area contributed by atoms with Crippen molar-refractivity contribution in [2.45, 2.75) is 32.0 Å². The molecule has 1 aromatic carbocycles. The molecule has 0 spiro atoms. The second kappa shape index (κ2) is 9.18. The lowest BCUT2D eigenvalue weighted by Crippen LogP contribution is -2.45. The van der Waals surface area contributed by atoms with Crippen LogP contribution in [0.15, 0.2) is 30.3 Å². The molecule has 0 aliphatic carbocycles. The van der Waals surface area contributed by atoms with Crippen LogP contribution in [0.4, 0.5) is 0 Å². The van der Waals surface area contributed by atoms with E-state index in [1.54, 1.807) is 11.8 Å². The highest BCUT2D eigenvalue weighted by Crippen LogP contribution is 2.12. The third-order valence-electron chi connectivity index (χ3n) is 3.71. The summed E-state index contributed by atoms with van der Waals surface area (Å²) in [6, 6.07) is 10.7. The van der Waals surface area contributed by atoms with E-state index in [1.165, 1.54) is 5.56 Å². The molecule has 1 N–H and O–H groups in total. The highest BCUT2D eigenvalue weighted by atomic mass is 32.2. The van der Waals surface area contributed by atoms with Crippen LogP contribution in [0.3, 0.4) is 0 Å². The number of benzene rings is 1. The molecule has 1 aromatic rings. The van der Waals surface area contributed by atoms with Crippen LogP contribution in [0.5, 0.6) is 0 Å². The lowest BCUT2D eigenvalue weighted by molar-refractivity contribution is -0.126. The van der Waals surface area contributed by atoms with Gasteiger partial charge in [0.1, 0.15) is 0 Å². The van der Waals surface area contributed by atoms with E-state index < -0.39 is 0 Å². The fourth-order valence-electron chi connectivity index (χ4n) is 2.72. The van der Waals surface area contributed by atoms with Crippen LogP contribution in [0.25, 0.3) is 0 Å². The maximum atomic E-state index is 12.0. The van der Waals surface area contributed by atoms with E-state index >= 15 is 0 Å². The van der Waals surface area contributed by atoms with E-state index in [2.05, 4.69) is 34.5 Å². The van der Waals surface area contributed by atoms with Crippen LogP contribution in [0.2, 0.25) is 0 Å². The van der Waals surface area contributed by atoms with Crippen molar-refractivity contribution in [1.82, 2.24) is 10.2 Å². The number of hydrogen-bond acceptors (Lipinski definition) is 4. The number of amides is 1. The Kier molecular flexibility index (Phi) is 7.22. The van der Waals surface area contributed by atoms with E-state index in [-0.39, 0.29) is 18.1 Å². The van der Waals surface area contributed by atoms with Crippen LogP contribution in [-0.4, -0.2) is 54.7 Å². The first-order chi connectivity index (χ1) is 10.7. The van der Waals surface area contributed by atoms with Gasteiger partial charge in [-0.25, -0.2) is 0 Å². The van der Waals surface area contributed by atoms with Crippen LogP contribution in [0.1, 0.15) is 18.9 Å². The summed E-state index contributed by atoms with van der Waals surface area (Å²) in [5.74, 6) is 1.03. The minimum Gasteiger partial charge on any atom is -0.375 e. The standard InChI is InChI=1S/C17H26N2O2S/c1-14(13-22-2)18-17(20)10-16-12-19(8-9-21-16)11-15-6-4-3-5-7-15/h3-7,14,16H,8-13H2,1-2H3,(H,18,20)/t14-,16+/m1/s1. The first-order valence-electron chi connectivity index (χ1n) is 7.83. The molecule has 0 unspecified atom stereocenters. The van der Waals surface area contributed by atoms with Gasteiger partial charge in [0.15, 0.2) is 0 Å². The quantitative estimate of drug-likeness (QED) is 0.835. The van der Waals surface area contributed by atoms with Gasteiger partial charge in [-0.3, -0.25) is 9.69 Å². The molecule has 1 amide bonds. The van der Waals surface area contributed by atoms with Crippen molar-refractivity contribution >= 4 is 17.7 Å². The van der Waals surface area contributed by atoms with E-state index in [9.17, 15) is 4.79 Å². The monoisotopic (exact) mass is 322 g/mol. The molecule has 1 fully saturated rings. The zero-order chi connectivity index (χ0) is 15.8. The normalized spacial score (nSPS) is 20.5. The number of nitrogens with zero attached hydrogens (tertiary/aromatic N) is 1. The molecular weight excluding hydrogens is 296 g/mol. The summed E-state index contributed by atoms with van der Waals surface area (Å²) in [4.78, 5) is 14.4.